The van der Waals surface area contributed by atoms with Crippen LogP contribution in [0.4, 0.5) is 0 Å². The van der Waals surface area contributed by atoms with Crippen LogP contribution in [0.15, 0.2) is 4.99 Å². The van der Waals surface area contributed by atoms with Crippen LogP contribution in [0.5, 0.6) is 0 Å². The maximum absolute atomic E-state index is 12.1. The zero-order chi connectivity index (χ0) is 17.9. The predicted octanol–water partition coefficient (Wildman–Crippen LogP) is 2.13. The van der Waals surface area contributed by atoms with Gasteiger partial charge in [0.05, 0.1) is 0 Å². The van der Waals surface area contributed by atoms with Crippen molar-refractivity contribution < 1.29 is 9.32 Å². The maximum Gasteiger partial charge on any atom is 0.191 e. The first-order valence-electron chi connectivity index (χ1n) is 8.72. The summed E-state index contributed by atoms with van der Waals surface area (Å²) in [6.07, 6.45) is 1.85. The van der Waals surface area contributed by atoms with E-state index in [1.807, 2.05) is 27.7 Å². The maximum atomic E-state index is 12.1. The van der Waals surface area contributed by atoms with Crippen molar-refractivity contribution in [3.05, 3.63) is 0 Å². The van der Waals surface area contributed by atoms with E-state index >= 15 is 0 Å². The Balaban J connectivity index is 4.48. The number of rotatable bonds is 10. The van der Waals surface area contributed by atoms with E-state index in [1.165, 1.54) is 0 Å². The summed E-state index contributed by atoms with van der Waals surface area (Å²) >= 11 is 0. The van der Waals surface area contributed by atoms with Gasteiger partial charge in [-0.1, -0.05) is 13.8 Å². The van der Waals surface area contributed by atoms with Gasteiger partial charge >= 0.3 is 0 Å². The fourth-order valence-corrected chi connectivity index (χ4v) is 3.16. The lowest BCUT2D eigenvalue weighted by Crippen LogP contribution is -2.40. The summed E-state index contributed by atoms with van der Waals surface area (Å²) in [7, 11) is -0.860. The van der Waals surface area contributed by atoms with Crippen LogP contribution in [0, 0.1) is 11.8 Å². The molecule has 0 amide bonds. The van der Waals surface area contributed by atoms with E-state index in [4.69, 9.17) is 0 Å². The summed E-state index contributed by atoms with van der Waals surface area (Å²) in [6.45, 7) is 14.8. The van der Waals surface area contributed by atoms with Gasteiger partial charge in [-0.2, -0.15) is 0 Å². The third-order valence-corrected chi connectivity index (χ3v) is 5.40. The molecule has 2 atom stereocenters. The quantitative estimate of drug-likeness (QED) is 0.418. The van der Waals surface area contributed by atoms with Gasteiger partial charge in [-0.05, 0) is 52.4 Å². The molecule has 23 heavy (non-hydrogen) atoms. The first-order valence-corrected chi connectivity index (χ1v) is 10.0. The second-order valence-electron chi connectivity index (χ2n) is 7.32. The molecule has 0 saturated carbocycles. The average molecular weight is 348 g/mol. The van der Waals surface area contributed by atoms with Crippen molar-refractivity contribution in [1.29, 1.82) is 0 Å². The minimum atomic E-state index is -0.860. The number of aliphatic imine (C=N–C) groups is 1. The van der Waals surface area contributed by atoms with Gasteiger partial charge in [0.1, 0.15) is 0 Å². The van der Waals surface area contributed by atoms with Crippen LogP contribution in [0.1, 0.15) is 54.4 Å². The lowest BCUT2D eigenvalue weighted by atomic mass is 9.94. The number of aliphatic hydroxyl groups is 1. The van der Waals surface area contributed by atoms with Crippen LogP contribution >= 0.6 is 0 Å². The summed E-state index contributed by atoms with van der Waals surface area (Å²) in [5.41, 5.74) is 0. The molecule has 0 spiro atoms. The molecule has 138 valence electrons. The highest BCUT2D eigenvalue weighted by Crippen LogP contribution is 2.15. The summed E-state index contributed by atoms with van der Waals surface area (Å²) in [6, 6.07) is 0. The average Bonchev–Trinajstić information content (AvgIpc) is 2.42. The molecule has 3 N–H and O–H groups in total. The van der Waals surface area contributed by atoms with E-state index < -0.39 is 10.8 Å². The van der Waals surface area contributed by atoms with Crippen LogP contribution in [0.25, 0.3) is 0 Å². The van der Waals surface area contributed by atoms with Gasteiger partial charge in [-0.15, -0.1) is 0 Å². The smallest absolute Gasteiger partial charge is 0.191 e. The summed E-state index contributed by atoms with van der Waals surface area (Å²) in [5.74, 6) is 2.38. The van der Waals surface area contributed by atoms with Gasteiger partial charge < -0.3 is 15.7 Å². The molecule has 0 aliphatic carbocycles. The number of nitrogens with one attached hydrogen (secondary N) is 2. The summed E-state index contributed by atoms with van der Waals surface area (Å²) in [4.78, 5) is 4.63. The molecule has 2 unspecified atom stereocenters. The molecule has 0 fully saturated rings. The fourth-order valence-electron chi connectivity index (χ4n) is 2.26. The predicted molar refractivity (Wildman–Crippen MR) is 101 cm³/mol. The molecule has 0 aromatic heterocycles. The van der Waals surface area contributed by atoms with Gasteiger partial charge in [0.25, 0.3) is 0 Å². The first-order chi connectivity index (χ1) is 10.7. The molecular weight excluding hydrogens is 310 g/mol. The monoisotopic (exact) mass is 347 g/mol. The highest BCUT2D eigenvalue weighted by Gasteiger charge is 2.18. The highest BCUT2D eigenvalue weighted by molar-refractivity contribution is 7.86. The molecule has 0 saturated heterocycles. The number of hydrogen-bond acceptors (Lipinski definition) is 3. The fraction of sp³-hybridized carbons (Fsp3) is 0.941. The SMILES string of the molecule is CCNC(=NCC(CCO)CC(C)C)NCCS(=O)C(C)(C)C. The van der Waals surface area contributed by atoms with E-state index in [-0.39, 0.29) is 11.4 Å². The third kappa shape index (κ3) is 11.5. The number of aliphatic hydroxyl groups excluding tert-OH is 1. The van der Waals surface area contributed by atoms with Crippen molar-refractivity contribution in [2.75, 3.05) is 32.0 Å². The summed E-state index contributed by atoms with van der Waals surface area (Å²) in [5, 5.41) is 15.7. The van der Waals surface area contributed by atoms with Crippen molar-refractivity contribution in [2.24, 2.45) is 16.8 Å². The topological polar surface area (TPSA) is 73.7 Å². The van der Waals surface area contributed by atoms with Crippen LogP contribution in [-0.2, 0) is 10.8 Å². The lowest BCUT2D eigenvalue weighted by Gasteiger charge is -2.19. The van der Waals surface area contributed by atoms with Gasteiger partial charge in [0.2, 0.25) is 0 Å². The Morgan fingerprint density at radius 1 is 1.26 bits per heavy atom. The molecule has 0 heterocycles. The van der Waals surface area contributed by atoms with E-state index in [9.17, 15) is 9.32 Å². The van der Waals surface area contributed by atoms with Gasteiger partial charge in [0, 0.05) is 47.5 Å². The standard InChI is InChI=1S/C17H37N3O2S/c1-7-18-16(19-9-11-23(22)17(4,5)6)20-13-15(8-10-21)12-14(2)3/h14-15,21H,7-13H2,1-6H3,(H2,18,19,20). The minimum Gasteiger partial charge on any atom is -0.396 e. The van der Waals surface area contributed by atoms with Crippen LogP contribution in [-0.4, -0.2) is 52.0 Å². The zero-order valence-corrected chi connectivity index (χ0v) is 16.6. The lowest BCUT2D eigenvalue weighted by molar-refractivity contribution is 0.245. The highest BCUT2D eigenvalue weighted by atomic mass is 32.2. The Hall–Kier alpha value is -0.620. The molecule has 5 nitrogen and oxygen atoms in total. The number of nitrogens with zero attached hydrogens (tertiary/aromatic N) is 1. The summed E-state index contributed by atoms with van der Waals surface area (Å²) < 4.78 is 11.9. The Labute approximate surface area is 145 Å². The van der Waals surface area contributed by atoms with E-state index in [0.29, 0.717) is 30.7 Å². The van der Waals surface area contributed by atoms with Crippen molar-refractivity contribution >= 4 is 16.8 Å². The second kappa shape index (κ2) is 11.8. The number of guanidine groups is 1. The molecular formula is C17H37N3O2S. The molecule has 0 rings (SSSR count). The van der Waals surface area contributed by atoms with Gasteiger partial charge in [-0.25, -0.2) is 0 Å². The molecule has 0 aromatic carbocycles. The normalized spacial score (nSPS) is 15.6. The van der Waals surface area contributed by atoms with Crippen LogP contribution in [0.2, 0.25) is 0 Å². The first kappa shape index (κ1) is 22.4. The van der Waals surface area contributed by atoms with Crippen molar-refractivity contribution in [3.63, 3.8) is 0 Å². The Morgan fingerprint density at radius 3 is 2.39 bits per heavy atom. The van der Waals surface area contributed by atoms with Crippen LogP contribution < -0.4 is 10.6 Å². The van der Waals surface area contributed by atoms with Crippen LogP contribution in [0.3, 0.4) is 0 Å². The molecule has 0 aliphatic rings. The molecule has 0 aliphatic heterocycles. The molecule has 0 radical (unpaired) electrons. The Kier molecular flexibility index (Phi) is 11.5. The van der Waals surface area contributed by atoms with E-state index in [0.717, 1.165) is 25.3 Å². The minimum absolute atomic E-state index is 0.180. The Morgan fingerprint density at radius 2 is 1.91 bits per heavy atom. The molecule has 0 aromatic rings. The van der Waals surface area contributed by atoms with Crippen molar-refractivity contribution in [3.8, 4) is 0 Å². The van der Waals surface area contributed by atoms with Crippen molar-refractivity contribution in [1.82, 2.24) is 10.6 Å². The largest absolute Gasteiger partial charge is 0.396 e. The van der Waals surface area contributed by atoms with Crippen molar-refractivity contribution in [2.45, 2.75) is 59.1 Å². The molecule has 6 heteroatoms. The third-order valence-electron chi connectivity index (χ3n) is 3.46. The second-order valence-corrected chi connectivity index (χ2v) is 9.64. The van der Waals surface area contributed by atoms with E-state index in [1.54, 1.807) is 0 Å². The van der Waals surface area contributed by atoms with E-state index in [2.05, 4.69) is 29.5 Å². The van der Waals surface area contributed by atoms with Gasteiger partial charge in [-0.3, -0.25) is 9.20 Å². The molecule has 0 bridgehead atoms. The zero-order valence-electron chi connectivity index (χ0n) is 15.8. The Bertz CT molecular complexity index is 365. The van der Waals surface area contributed by atoms with Gasteiger partial charge in [0.15, 0.2) is 5.96 Å². The number of hydrogen-bond donors (Lipinski definition) is 3.